The Bertz CT molecular complexity index is 134. The molecule has 0 atom stereocenters. The zero-order chi connectivity index (χ0) is 7.44. The maximum Gasteiger partial charge on any atom is 0.331 e. The van der Waals surface area contributed by atoms with E-state index in [1.807, 2.05) is 22.9 Å². The Balaban J connectivity index is 3.64. The van der Waals surface area contributed by atoms with Crippen molar-refractivity contribution >= 4 is 34.7 Å². The van der Waals surface area contributed by atoms with Gasteiger partial charge in [0.05, 0.1) is 28.7 Å². The number of hydrogen-bond donors (Lipinski definition) is 2. The average molecular weight is 241 g/mol. The zero-order valence-electron chi connectivity index (χ0n) is 5.23. The third kappa shape index (κ3) is 4.19. The van der Waals surface area contributed by atoms with E-state index in [1.54, 1.807) is 7.05 Å². The molecule has 0 radical (unpaired) electrons. The number of nitrogens with zero attached hydrogens (tertiary/aromatic N) is 1. The summed E-state index contributed by atoms with van der Waals surface area (Å²) in [6.07, 6.45) is 0. The van der Waals surface area contributed by atoms with Crippen LogP contribution >= 0.6 is 22.9 Å². The van der Waals surface area contributed by atoms with E-state index in [2.05, 4.69) is 5.32 Å². The molecule has 2 N–H and O–H groups in total. The molecule has 4 nitrogen and oxygen atoms in total. The Hall–Kier alpha value is -0.330. The van der Waals surface area contributed by atoms with Gasteiger partial charge in [-0.05, 0) is 6.92 Å². The third-order valence-corrected chi connectivity index (χ3v) is 1.01. The molecule has 0 unspecified atom stereocenters. The number of amides is 2. The van der Waals surface area contributed by atoms with E-state index in [0.717, 1.165) is 0 Å². The first-order chi connectivity index (χ1) is 4.04. The first-order valence-corrected chi connectivity index (χ1v) is 3.26. The molecule has 0 aromatic carbocycles. The van der Waals surface area contributed by atoms with Crippen molar-refractivity contribution in [2.75, 3.05) is 7.05 Å². The van der Waals surface area contributed by atoms with Gasteiger partial charge in [-0.1, -0.05) is 0 Å². The van der Waals surface area contributed by atoms with Crippen molar-refractivity contribution in [3.8, 4) is 0 Å². The molecule has 2 amide bonds. The van der Waals surface area contributed by atoms with E-state index in [-0.39, 0.29) is 11.9 Å². The number of nitrogens with one attached hydrogen (secondary N) is 2. The molecule has 0 aliphatic rings. The van der Waals surface area contributed by atoms with Gasteiger partial charge in [0.2, 0.25) is 0 Å². The number of carbonyl (C=O) groups is 1. The van der Waals surface area contributed by atoms with Crippen LogP contribution in [0.1, 0.15) is 6.92 Å². The fourth-order valence-electron chi connectivity index (χ4n) is 0.237. The van der Waals surface area contributed by atoms with Crippen molar-refractivity contribution in [3.05, 3.63) is 0 Å². The average Bonchev–Trinajstić information content (AvgIpc) is 1.63. The Morgan fingerprint density at radius 2 is 2.22 bits per heavy atom. The highest BCUT2D eigenvalue weighted by Gasteiger charge is 2.02. The van der Waals surface area contributed by atoms with Crippen LogP contribution in [0.15, 0.2) is 0 Å². The molecular formula is C4H8IN3O. The predicted octanol–water partition coefficient (Wildman–Crippen LogP) is 0.975. The molecule has 0 spiro atoms. The molecule has 52 valence electrons. The van der Waals surface area contributed by atoms with E-state index in [9.17, 15) is 4.79 Å². The van der Waals surface area contributed by atoms with E-state index in [1.165, 1.54) is 10.0 Å². The Morgan fingerprint density at radius 3 is 2.33 bits per heavy atom. The lowest BCUT2D eigenvalue weighted by Crippen LogP contribution is -2.33. The summed E-state index contributed by atoms with van der Waals surface area (Å²) < 4.78 is 1.34. The second-order valence-electron chi connectivity index (χ2n) is 1.53. The van der Waals surface area contributed by atoms with Crippen molar-refractivity contribution < 1.29 is 4.79 Å². The summed E-state index contributed by atoms with van der Waals surface area (Å²) in [4.78, 5) is 10.6. The maximum absolute atomic E-state index is 10.6. The predicted molar refractivity (Wildman–Crippen MR) is 43.7 cm³/mol. The summed E-state index contributed by atoms with van der Waals surface area (Å²) in [6.45, 7) is 1.51. The Labute approximate surface area is 67.6 Å². The van der Waals surface area contributed by atoms with Crippen LogP contribution in [0.3, 0.4) is 0 Å². The topological polar surface area (TPSA) is 56.2 Å². The van der Waals surface area contributed by atoms with Crippen molar-refractivity contribution in [2.45, 2.75) is 6.92 Å². The largest absolute Gasteiger partial charge is 0.331 e. The minimum absolute atomic E-state index is 0.156. The molecule has 0 aromatic rings. The normalized spacial score (nSPS) is 8.33. The maximum atomic E-state index is 10.6. The molecule has 0 saturated carbocycles. The summed E-state index contributed by atoms with van der Waals surface area (Å²) in [5.74, 6) is 0.156. The third-order valence-electron chi connectivity index (χ3n) is 0.574. The van der Waals surface area contributed by atoms with E-state index < -0.39 is 0 Å². The zero-order valence-corrected chi connectivity index (χ0v) is 7.39. The lowest BCUT2D eigenvalue weighted by atomic mass is 10.7. The van der Waals surface area contributed by atoms with E-state index in [0.29, 0.717) is 0 Å². The first-order valence-electron chi connectivity index (χ1n) is 2.29. The molecule has 0 bridgehead atoms. The summed E-state index contributed by atoms with van der Waals surface area (Å²) >= 11 is 1.83. The van der Waals surface area contributed by atoms with Gasteiger partial charge in [-0.25, -0.2) is 4.79 Å². The van der Waals surface area contributed by atoms with Crippen molar-refractivity contribution in [1.82, 2.24) is 8.43 Å². The van der Waals surface area contributed by atoms with Gasteiger partial charge >= 0.3 is 6.03 Å². The minimum Gasteiger partial charge on any atom is -0.296 e. The van der Waals surface area contributed by atoms with Gasteiger partial charge in [0.1, 0.15) is 0 Å². The second kappa shape index (κ2) is 3.65. The fraction of sp³-hybridized carbons (Fsp3) is 0.500. The molecule has 0 rings (SSSR count). The van der Waals surface area contributed by atoms with Crippen molar-refractivity contribution in [3.63, 3.8) is 0 Å². The van der Waals surface area contributed by atoms with Crippen LogP contribution in [0, 0.1) is 5.41 Å². The number of hydrogen-bond acceptors (Lipinski definition) is 2. The standard InChI is InChI=1S/C4H8IN3O/c1-3(6)7-4(9)8(2)5/h1-2H3,(H2,6,7,9). The van der Waals surface area contributed by atoms with Gasteiger partial charge in [-0.2, -0.15) is 0 Å². The smallest absolute Gasteiger partial charge is 0.296 e. The van der Waals surface area contributed by atoms with Crippen LogP contribution in [0.5, 0.6) is 0 Å². The quantitative estimate of drug-likeness (QED) is 0.282. The van der Waals surface area contributed by atoms with Gasteiger partial charge in [0, 0.05) is 7.05 Å². The number of urea groups is 1. The highest BCUT2D eigenvalue weighted by Crippen LogP contribution is 1.91. The number of amidine groups is 1. The molecule has 0 heterocycles. The molecule has 0 aromatic heterocycles. The first kappa shape index (κ1) is 8.67. The van der Waals surface area contributed by atoms with Gasteiger partial charge in [0.15, 0.2) is 0 Å². The van der Waals surface area contributed by atoms with E-state index in [4.69, 9.17) is 5.41 Å². The molecule has 0 aliphatic heterocycles. The number of rotatable bonds is 0. The molecular weight excluding hydrogens is 233 g/mol. The molecule has 0 aliphatic carbocycles. The van der Waals surface area contributed by atoms with Gasteiger partial charge in [0.25, 0.3) is 0 Å². The summed E-state index contributed by atoms with van der Waals surface area (Å²) in [5, 5.41) is 9.16. The minimum atomic E-state index is -0.275. The van der Waals surface area contributed by atoms with Crippen LogP contribution < -0.4 is 5.32 Å². The van der Waals surface area contributed by atoms with Crippen molar-refractivity contribution in [2.24, 2.45) is 0 Å². The van der Waals surface area contributed by atoms with Crippen LogP contribution in [0.25, 0.3) is 0 Å². The van der Waals surface area contributed by atoms with Crippen LogP contribution in [-0.4, -0.2) is 22.0 Å². The van der Waals surface area contributed by atoms with Crippen LogP contribution in [0.4, 0.5) is 4.79 Å². The molecule has 5 heteroatoms. The monoisotopic (exact) mass is 241 g/mol. The summed E-state index contributed by atoms with van der Waals surface area (Å²) in [5.41, 5.74) is 0. The highest BCUT2D eigenvalue weighted by molar-refractivity contribution is 14.1. The van der Waals surface area contributed by atoms with Crippen molar-refractivity contribution in [1.29, 1.82) is 5.41 Å². The van der Waals surface area contributed by atoms with Gasteiger partial charge < -0.3 is 0 Å². The van der Waals surface area contributed by atoms with E-state index >= 15 is 0 Å². The van der Waals surface area contributed by atoms with Crippen LogP contribution in [0.2, 0.25) is 0 Å². The Kier molecular flexibility index (Phi) is 3.52. The molecule has 0 fully saturated rings. The summed E-state index contributed by atoms with van der Waals surface area (Å²) in [7, 11) is 1.61. The highest BCUT2D eigenvalue weighted by atomic mass is 127. The van der Waals surface area contributed by atoms with Gasteiger partial charge in [-0.15, -0.1) is 0 Å². The van der Waals surface area contributed by atoms with Crippen LogP contribution in [-0.2, 0) is 0 Å². The fourth-order valence-corrected chi connectivity index (χ4v) is 0.358. The second-order valence-corrected chi connectivity index (χ2v) is 2.98. The number of halogens is 1. The Morgan fingerprint density at radius 1 is 1.78 bits per heavy atom. The van der Waals surface area contributed by atoms with Gasteiger partial charge in [-0.3, -0.25) is 13.8 Å². The molecule has 9 heavy (non-hydrogen) atoms. The summed E-state index contributed by atoms with van der Waals surface area (Å²) in [6, 6.07) is -0.275. The lowest BCUT2D eigenvalue weighted by molar-refractivity contribution is 0.238. The SMILES string of the molecule is CC(=N)NC(=O)N(C)I. The lowest BCUT2D eigenvalue weighted by Gasteiger charge is -2.07. The number of carbonyl (C=O) groups excluding carboxylic acids is 1. The molecule has 0 saturated heterocycles.